The van der Waals surface area contributed by atoms with Gasteiger partial charge in [-0.2, -0.15) is 0 Å². The average molecular weight is 314 g/mol. The third kappa shape index (κ3) is 5.46. The molecular formula is C16H24ClNO3. The normalized spacial score (nSPS) is 12.3. The number of aromatic hydroxyl groups is 1. The fourth-order valence-electron chi connectivity index (χ4n) is 1.93. The second-order valence-electron chi connectivity index (χ2n) is 5.58. The van der Waals surface area contributed by atoms with E-state index in [4.69, 9.17) is 16.3 Å². The van der Waals surface area contributed by atoms with Gasteiger partial charge in [-0.25, -0.2) is 0 Å². The standard InChI is InChI=1S/C16H24ClNO3/c1-5-21-14-9-12(8-13(17)15(14)19)16(20)18-11(4)7-6-10(2)3/h8-11,19H,5-7H2,1-4H3,(H,18,20). The maximum absolute atomic E-state index is 12.2. The fraction of sp³-hybridized carbons (Fsp3) is 0.562. The highest BCUT2D eigenvalue weighted by Gasteiger charge is 2.16. The van der Waals surface area contributed by atoms with Gasteiger partial charge in [0.1, 0.15) is 0 Å². The molecular weight excluding hydrogens is 290 g/mol. The number of phenolic OH excluding ortho intramolecular Hbond substituents is 1. The summed E-state index contributed by atoms with van der Waals surface area (Å²) in [6.45, 7) is 8.48. The molecule has 0 aliphatic heterocycles. The highest BCUT2D eigenvalue weighted by Crippen LogP contribution is 2.35. The van der Waals surface area contributed by atoms with Gasteiger partial charge in [-0.1, -0.05) is 25.4 Å². The Morgan fingerprint density at radius 1 is 1.33 bits per heavy atom. The summed E-state index contributed by atoms with van der Waals surface area (Å²) >= 11 is 5.93. The number of phenols is 1. The van der Waals surface area contributed by atoms with Crippen molar-refractivity contribution in [2.75, 3.05) is 6.61 Å². The second kappa shape index (κ2) is 8.13. The Morgan fingerprint density at radius 2 is 2.00 bits per heavy atom. The topological polar surface area (TPSA) is 58.6 Å². The first kappa shape index (κ1) is 17.6. The number of amides is 1. The van der Waals surface area contributed by atoms with Gasteiger partial charge in [-0.15, -0.1) is 0 Å². The van der Waals surface area contributed by atoms with Crippen LogP contribution in [0.3, 0.4) is 0 Å². The molecule has 1 aromatic rings. The SMILES string of the molecule is CCOc1cc(C(=O)NC(C)CCC(C)C)cc(Cl)c1O. The van der Waals surface area contributed by atoms with Crippen molar-refractivity contribution in [1.29, 1.82) is 0 Å². The molecule has 1 unspecified atom stereocenters. The van der Waals surface area contributed by atoms with Crippen LogP contribution in [-0.2, 0) is 0 Å². The zero-order chi connectivity index (χ0) is 16.0. The molecule has 0 bridgehead atoms. The fourth-order valence-corrected chi connectivity index (χ4v) is 2.14. The Morgan fingerprint density at radius 3 is 2.57 bits per heavy atom. The largest absolute Gasteiger partial charge is 0.503 e. The monoisotopic (exact) mass is 313 g/mol. The van der Waals surface area contributed by atoms with Crippen LogP contribution in [-0.4, -0.2) is 23.7 Å². The van der Waals surface area contributed by atoms with Gasteiger partial charge in [-0.3, -0.25) is 4.79 Å². The summed E-state index contributed by atoms with van der Waals surface area (Å²) in [6.07, 6.45) is 1.98. The first-order valence-electron chi connectivity index (χ1n) is 7.31. The van der Waals surface area contributed by atoms with Crippen molar-refractivity contribution in [3.8, 4) is 11.5 Å². The molecule has 0 aliphatic rings. The van der Waals surface area contributed by atoms with Gasteiger partial charge in [0, 0.05) is 11.6 Å². The maximum atomic E-state index is 12.2. The minimum Gasteiger partial charge on any atom is -0.503 e. The van der Waals surface area contributed by atoms with E-state index >= 15 is 0 Å². The lowest BCUT2D eigenvalue weighted by atomic mass is 10.0. The van der Waals surface area contributed by atoms with E-state index in [9.17, 15) is 9.90 Å². The molecule has 0 aromatic heterocycles. The molecule has 4 nitrogen and oxygen atoms in total. The summed E-state index contributed by atoms with van der Waals surface area (Å²) in [6, 6.07) is 3.04. The number of benzene rings is 1. The van der Waals surface area contributed by atoms with Crippen molar-refractivity contribution < 1.29 is 14.6 Å². The van der Waals surface area contributed by atoms with E-state index in [2.05, 4.69) is 19.2 Å². The minimum atomic E-state index is -0.214. The highest BCUT2D eigenvalue weighted by molar-refractivity contribution is 6.32. The van der Waals surface area contributed by atoms with Crippen LogP contribution in [0.25, 0.3) is 0 Å². The third-order valence-electron chi connectivity index (χ3n) is 3.14. The Balaban J connectivity index is 2.78. The van der Waals surface area contributed by atoms with E-state index in [1.807, 2.05) is 6.92 Å². The number of carbonyl (C=O) groups is 1. The number of hydrogen-bond acceptors (Lipinski definition) is 3. The molecule has 118 valence electrons. The van der Waals surface area contributed by atoms with Gasteiger partial charge in [0.05, 0.1) is 11.6 Å². The molecule has 0 saturated heterocycles. The Kier molecular flexibility index (Phi) is 6.82. The predicted octanol–water partition coefficient (Wildman–Crippen LogP) is 4.00. The maximum Gasteiger partial charge on any atom is 0.251 e. The van der Waals surface area contributed by atoms with E-state index < -0.39 is 0 Å². The number of halogens is 1. The molecule has 2 N–H and O–H groups in total. The number of carbonyl (C=O) groups excluding carboxylic acids is 1. The van der Waals surface area contributed by atoms with Gasteiger partial charge in [0.2, 0.25) is 0 Å². The molecule has 0 saturated carbocycles. The molecule has 0 aliphatic carbocycles. The summed E-state index contributed by atoms with van der Waals surface area (Å²) in [7, 11) is 0. The lowest BCUT2D eigenvalue weighted by molar-refractivity contribution is 0.0936. The second-order valence-corrected chi connectivity index (χ2v) is 5.99. The van der Waals surface area contributed by atoms with Crippen molar-refractivity contribution >= 4 is 17.5 Å². The van der Waals surface area contributed by atoms with Gasteiger partial charge >= 0.3 is 0 Å². The van der Waals surface area contributed by atoms with Gasteiger partial charge in [0.15, 0.2) is 11.5 Å². The van der Waals surface area contributed by atoms with Crippen LogP contribution in [0.4, 0.5) is 0 Å². The van der Waals surface area contributed by atoms with Crippen molar-refractivity contribution in [3.63, 3.8) is 0 Å². The van der Waals surface area contributed by atoms with Crippen molar-refractivity contribution in [2.45, 2.75) is 46.6 Å². The number of hydrogen-bond donors (Lipinski definition) is 2. The Bertz CT molecular complexity index is 489. The molecule has 0 fully saturated rings. The average Bonchev–Trinajstić information content (AvgIpc) is 2.41. The van der Waals surface area contributed by atoms with Crippen molar-refractivity contribution in [1.82, 2.24) is 5.32 Å². The van der Waals surface area contributed by atoms with Crippen LogP contribution < -0.4 is 10.1 Å². The van der Waals surface area contributed by atoms with Crippen LogP contribution in [0.15, 0.2) is 12.1 Å². The predicted molar refractivity (Wildman–Crippen MR) is 85.3 cm³/mol. The van der Waals surface area contributed by atoms with Crippen LogP contribution in [0.1, 0.15) is 50.9 Å². The zero-order valence-corrected chi connectivity index (χ0v) is 13.8. The first-order chi connectivity index (χ1) is 9.85. The molecule has 1 rings (SSSR count). The smallest absolute Gasteiger partial charge is 0.251 e. The lowest BCUT2D eigenvalue weighted by Gasteiger charge is -2.16. The van der Waals surface area contributed by atoms with Crippen LogP contribution >= 0.6 is 11.6 Å². The van der Waals surface area contributed by atoms with Crippen molar-refractivity contribution in [3.05, 3.63) is 22.7 Å². The third-order valence-corrected chi connectivity index (χ3v) is 3.43. The van der Waals surface area contributed by atoms with E-state index in [0.29, 0.717) is 18.1 Å². The summed E-state index contributed by atoms with van der Waals surface area (Å²) < 4.78 is 5.28. The zero-order valence-electron chi connectivity index (χ0n) is 13.1. The van der Waals surface area contributed by atoms with Gasteiger partial charge in [-0.05, 0) is 44.7 Å². The molecule has 0 spiro atoms. The van der Waals surface area contributed by atoms with Crippen LogP contribution in [0.2, 0.25) is 5.02 Å². The molecule has 5 heteroatoms. The number of nitrogens with one attached hydrogen (secondary N) is 1. The molecule has 1 atom stereocenters. The summed E-state index contributed by atoms with van der Waals surface area (Å²) in [5.41, 5.74) is 0.387. The van der Waals surface area contributed by atoms with Gasteiger partial charge < -0.3 is 15.2 Å². The summed E-state index contributed by atoms with van der Waals surface area (Å²) in [5, 5.41) is 12.8. The molecule has 0 radical (unpaired) electrons. The quantitative estimate of drug-likeness (QED) is 0.800. The minimum absolute atomic E-state index is 0.0861. The van der Waals surface area contributed by atoms with E-state index in [1.54, 1.807) is 6.92 Å². The van der Waals surface area contributed by atoms with E-state index in [1.165, 1.54) is 12.1 Å². The van der Waals surface area contributed by atoms with Crippen LogP contribution in [0.5, 0.6) is 11.5 Å². The molecule has 1 amide bonds. The summed E-state index contributed by atoms with van der Waals surface area (Å²) in [5.74, 6) is 0.485. The number of ether oxygens (including phenoxy) is 1. The molecule has 1 aromatic carbocycles. The Hall–Kier alpha value is -1.42. The number of rotatable bonds is 7. The lowest BCUT2D eigenvalue weighted by Crippen LogP contribution is -2.32. The highest BCUT2D eigenvalue weighted by atomic mass is 35.5. The van der Waals surface area contributed by atoms with Crippen molar-refractivity contribution in [2.24, 2.45) is 5.92 Å². The van der Waals surface area contributed by atoms with Crippen LogP contribution in [0, 0.1) is 5.92 Å². The van der Waals surface area contributed by atoms with E-state index in [-0.39, 0.29) is 28.5 Å². The molecule has 0 heterocycles. The Labute approximate surface area is 131 Å². The van der Waals surface area contributed by atoms with E-state index in [0.717, 1.165) is 12.8 Å². The molecule has 21 heavy (non-hydrogen) atoms. The summed E-state index contributed by atoms with van der Waals surface area (Å²) in [4.78, 5) is 12.2. The first-order valence-corrected chi connectivity index (χ1v) is 7.69. The van der Waals surface area contributed by atoms with Gasteiger partial charge in [0.25, 0.3) is 5.91 Å².